The van der Waals surface area contributed by atoms with Gasteiger partial charge in [-0.3, -0.25) is 9.69 Å². The molecule has 140 valence electrons. The number of H-pyrrole nitrogens is 1. The average molecular weight is 366 g/mol. The molecule has 1 saturated heterocycles. The number of imidazole rings is 1. The third-order valence-corrected chi connectivity index (χ3v) is 5.37. The standard InChI is InChI=1S/C21H23FN4O/c1-13(27)23-18-9-5-6-15(22)20(18)14-10-11-26(2)19(12-14)21-24-16-7-3-4-8-17(16)25-21/h3-9,14,19H,10-12H2,1-2H3,(H,23,27)(H,24,25)/t14-,19-/m1/s1. The van der Waals surface area contributed by atoms with Gasteiger partial charge >= 0.3 is 0 Å². The molecular formula is C21H23FN4O. The second-order valence-electron chi connectivity index (χ2n) is 7.24. The molecule has 0 aliphatic carbocycles. The van der Waals surface area contributed by atoms with Crippen molar-refractivity contribution in [1.29, 1.82) is 0 Å². The minimum absolute atomic E-state index is 0.0162. The number of hydrogen-bond donors (Lipinski definition) is 2. The maximum absolute atomic E-state index is 14.7. The first-order valence-electron chi connectivity index (χ1n) is 9.24. The Bertz CT molecular complexity index is 950. The van der Waals surface area contributed by atoms with E-state index in [1.54, 1.807) is 12.1 Å². The minimum Gasteiger partial charge on any atom is -0.341 e. The lowest BCUT2D eigenvalue weighted by atomic mass is 9.84. The van der Waals surface area contributed by atoms with Crippen LogP contribution in [0, 0.1) is 5.82 Å². The van der Waals surface area contributed by atoms with Crippen LogP contribution < -0.4 is 5.32 Å². The fraction of sp³-hybridized carbons (Fsp3) is 0.333. The quantitative estimate of drug-likeness (QED) is 0.730. The molecule has 0 unspecified atom stereocenters. The molecule has 1 aliphatic heterocycles. The van der Waals surface area contributed by atoms with E-state index in [0.29, 0.717) is 11.3 Å². The number of benzene rings is 2. The molecule has 3 aromatic rings. The van der Waals surface area contributed by atoms with Gasteiger partial charge in [0, 0.05) is 18.2 Å². The first-order chi connectivity index (χ1) is 13.0. The number of hydrogen-bond acceptors (Lipinski definition) is 3. The Kier molecular flexibility index (Phi) is 4.66. The summed E-state index contributed by atoms with van der Waals surface area (Å²) in [6.45, 7) is 2.28. The fourth-order valence-electron chi connectivity index (χ4n) is 4.05. The lowest BCUT2D eigenvalue weighted by molar-refractivity contribution is -0.114. The molecule has 0 saturated carbocycles. The molecule has 2 aromatic carbocycles. The number of fused-ring (bicyclic) bond motifs is 1. The first-order valence-corrected chi connectivity index (χ1v) is 9.24. The van der Waals surface area contributed by atoms with Crippen molar-refractivity contribution < 1.29 is 9.18 Å². The van der Waals surface area contributed by atoms with Crippen molar-refractivity contribution in [3.8, 4) is 0 Å². The van der Waals surface area contributed by atoms with Gasteiger partial charge in [0.2, 0.25) is 5.91 Å². The topological polar surface area (TPSA) is 61.0 Å². The van der Waals surface area contributed by atoms with Crippen LogP contribution in [0.5, 0.6) is 0 Å². The summed E-state index contributed by atoms with van der Waals surface area (Å²) < 4.78 is 14.7. The van der Waals surface area contributed by atoms with E-state index in [2.05, 4.69) is 22.2 Å². The van der Waals surface area contributed by atoms with Crippen molar-refractivity contribution in [3.63, 3.8) is 0 Å². The van der Waals surface area contributed by atoms with Crippen molar-refractivity contribution in [2.45, 2.75) is 31.7 Å². The second-order valence-corrected chi connectivity index (χ2v) is 7.24. The van der Waals surface area contributed by atoms with Crippen LogP contribution in [0.4, 0.5) is 10.1 Å². The normalized spacial score (nSPS) is 20.7. The molecule has 6 heteroatoms. The van der Waals surface area contributed by atoms with Crippen molar-refractivity contribution in [1.82, 2.24) is 14.9 Å². The van der Waals surface area contributed by atoms with E-state index in [1.807, 2.05) is 24.3 Å². The summed E-state index contributed by atoms with van der Waals surface area (Å²) in [7, 11) is 2.07. The third kappa shape index (κ3) is 3.45. The zero-order valence-corrected chi connectivity index (χ0v) is 15.5. The molecule has 2 heterocycles. The van der Waals surface area contributed by atoms with Crippen molar-refractivity contribution in [2.75, 3.05) is 18.9 Å². The molecule has 0 bridgehead atoms. The number of aromatic amines is 1. The van der Waals surface area contributed by atoms with E-state index >= 15 is 0 Å². The number of piperidine rings is 1. The predicted molar refractivity (Wildman–Crippen MR) is 104 cm³/mol. The molecule has 5 nitrogen and oxygen atoms in total. The van der Waals surface area contributed by atoms with Gasteiger partial charge in [0.15, 0.2) is 0 Å². The highest BCUT2D eigenvalue weighted by molar-refractivity contribution is 5.89. The molecule has 0 spiro atoms. The summed E-state index contributed by atoms with van der Waals surface area (Å²) in [5.41, 5.74) is 3.11. The summed E-state index contributed by atoms with van der Waals surface area (Å²) in [5.74, 6) is 0.464. The minimum atomic E-state index is -0.265. The van der Waals surface area contributed by atoms with Crippen molar-refractivity contribution >= 4 is 22.6 Å². The average Bonchev–Trinajstić information content (AvgIpc) is 3.06. The van der Waals surface area contributed by atoms with E-state index < -0.39 is 0 Å². The van der Waals surface area contributed by atoms with Crippen LogP contribution in [0.25, 0.3) is 11.0 Å². The van der Waals surface area contributed by atoms with E-state index in [4.69, 9.17) is 4.98 Å². The summed E-state index contributed by atoms with van der Waals surface area (Å²) >= 11 is 0. The molecule has 4 rings (SSSR count). The van der Waals surface area contributed by atoms with Gasteiger partial charge in [-0.2, -0.15) is 0 Å². The second kappa shape index (κ2) is 7.12. The van der Waals surface area contributed by atoms with Crippen molar-refractivity contribution in [2.24, 2.45) is 0 Å². The molecule has 1 fully saturated rings. The molecule has 0 radical (unpaired) electrons. The number of halogens is 1. The van der Waals surface area contributed by atoms with Crippen LogP contribution in [0.3, 0.4) is 0 Å². The predicted octanol–water partition coefficient (Wildman–Crippen LogP) is 4.21. The number of nitrogens with one attached hydrogen (secondary N) is 2. The van der Waals surface area contributed by atoms with Crippen LogP contribution >= 0.6 is 0 Å². The molecule has 1 aliphatic rings. The van der Waals surface area contributed by atoms with Gasteiger partial charge in [-0.25, -0.2) is 9.37 Å². The van der Waals surface area contributed by atoms with E-state index in [9.17, 15) is 9.18 Å². The number of aromatic nitrogens is 2. The number of carbonyl (C=O) groups is 1. The molecule has 27 heavy (non-hydrogen) atoms. The van der Waals surface area contributed by atoms with Gasteiger partial charge in [0.25, 0.3) is 0 Å². The largest absolute Gasteiger partial charge is 0.341 e. The van der Waals surface area contributed by atoms with Crippen LogP contribution in [-0.4, -0.2) is 34.4 Å². The molecule has 2 N–H and O–H groups in total. The van der Waals surface area contributed by atoms with Gasteiger partial charge in [-0.1, -0.05) is 18.2 Å². The Labute approximate surface area is 157 Å². The molecule has 1 amide bonds. The van der Waals surface area contributed by atoms with Gasteiger partial charge in [0.05, 0.1) is 17.1 Å². The van der Waals surface area contributed by atoms with Crippen LogP contribution in [0.1, 0.15) is 43.1 Å². The van der Waals surface area contributed by atoms with Crippen LogP contribution in [0.2, 0.25) is 0 Å². The number of nitrogens with zero attached hydrogens (tertiary/aromatic N) is 2. The van der Waals surface area contributed by atoms with Crippen LogP contribution in [-0.2, 0) is 4.79 Å². The highest BCUT2D eigenvalue weighted by Crippen LogP contribution is 2.41. The van der Waals surface area contributed by atoms with E-state index in [-0.39, 0.29) is 23.7 Å². The summed E-state index contributed by atoms with van der Waals surface area (Å²) in [6, 6.07) is 12.9. The van der Waals surface area contributed by atoms with Gasteiger partial charge in [-0.05, 0) is 56.6 Å². The smallest absolute Gasteiger partial charge is 0.221 e. The third-order valence-electron chi connectivity index (χ3n) is 5.37. The monoisotopic (exact) mass is 366 g/mol. The number of anilines is 1. The van der Waals surface area contributed by atoms with Crippen molar-refractivity contribution in [3.05, 3.63) is 59.7 Å². The summed E-state index contributed by atoms with van der Waals surface area (Å²) in [4.78, 5) is 22.0. The lowest BCUT2D eigenvalue weighted by Crippen LogP contribution is -2.34. The zero-order chi connectivity index (χ0) is 19.0. The first kappa shape index (κ1) is 17.7. The molecule has 1 aromatic heterocycles. The number of likely N-dealkylation sites (tertiary alicyclic amines) is 1. The van der Waals surface area contributed by atoms with Gasteiger partial charge in [0.1, 0.15) is 11.6 Å². The Hall–Kier alpha value is -2.73. The Balaban J connectivity index is 1.67. The van der Waals surface area contributed by atoms with Crippen LogP contribution in [0.15, 0.2) is 42.5 Å². The maximum Gasteiger partial charge on any atom is 0.221 e. The number of rotatable bonds is 3. The Morgan fingerprint density at radius 1 is 1.26 bits per heavy atom. The van der Waals surface area contributed by atoms with E-state index in [0.717, 1.165) is 36.2 Å². The van der Waals surface area contributed by atoms with Gasteiger partial charge < -0.3 is 10.3 Å². The Morgan fingerprint density at radius 2 is 2.07 bits per heavy atom. The van der Waals surface area contributed by atoms with E-state index in [1.165, 1.54) is 13.0 Å². The fourth-order valence-corrected chi connectivity index (χ4v) is 4.05. The maximum atomic E-state index is 14.7. The SMILES string of the molecule is CC(=O)Nc1cccc(F)c1[C@@H]1CCN(C)[C@@H](c2nc3ccccc3[nH]2)C1. The zero-order valence-electron chi connectivity index (χ0n) is 15.5. The summed E-state index contributed by atoms with van der Waals surface area (Å²) in [5, 5.41) is 2.78. The molecule has 2 atom stereocenters. The number of carbonyl (C=O) groups excluding carboxylic acids is 1. The Morgan fingerprint density at radius 3 is 2.85 bits per heavy atom. The highest BCUT2D eigenvalue weighted by Gasteiger charge is 2.32. The highest BCUT2D eigenvalue weighted by atomic mass is 19.1. The summed E-state index contributed by atoms with van der Waals surface area (Å²) in [6.07, 6.45) is 1.57. The number of para-hydroxylation sites is 2. The van der Waals surface area contributed by atoms with Gasteiger partial charge in [-0.15, -0.1) is 0 Å². The number of amides is 1. The lowest BCUT2D eigenvalue weighted by Gasteiger charge is -2.37. The molecular weight excluding hydrogens is 343 g/mol.